The number of nitrogens with zero attached hydrogens (tertiary/aromatic N) is 1. The highest BCUT2D eigenvalue weighted by atomic mass is 79.9. The summed E-state index contributed by atoms with van der Waals surface area (Å²) in [4.78, 5) is 13.7. The molecule has 0 spiro atoms. The number of carbonyl (C=O) groups excluding carboxylic acids is 1. The highest BCUT2D eigenvalue weighted by Gasteiger charge is 2.16. The fourth-order valence-electron chi connectivity index (χ4n) is 2.05. The summed E-state index contributed by atoms with van der Waals surface area (Å²) >= 11 is 9.47. The molecule has 0 saturated carbocycles. The van der Waals surface area contributed by atoms with E-state index in [9.17, 15) is 4.79 Å². The summed E-state index contributed by atoms with van der Waals surface area (Å²) in [6, 6.07) is 5.77. The van der Waals surface area contributed by atoms with Crippen molar-refractivity contribution in [2.75, 3.05) is 19.6 Å². The monoisotopic (exact) mass is 330 g/mol. The lowest BCUT2D eigenvalue weighted by Crippen LogP contribution is -2.36. The fourth-order valence-corrected chi connectivity index (χ4v) is 2.79. The Balaban J connectivity index is 1.79. The molecule has 1 aliphatic rings. The average molecular weight is 332 g/mol. The first-order valence-corrected chi connectivity index (χ1v) is 7.26. The van der Waals surface area contributed by atoms with Gasteiger partial charge in [-0.1, -0.05) is 33.6 Å². The minimum atomic E-state index is 0.181. The zero-order valence-electron chi connectivity index (χ0n) is 10.1. The minimum absolute atomic E-state index is 0.181. The second-order valence-electron chi connectivity index (χ2n) is 4.43. The summed E-state index contributed by atoms with van der Waals surface area (Å²) < 4.78 is 0.962. The maximum Gasteiger partial charge on any atom is 0.236 e. The van der Waals surface area contributed by atoms with E-state index in [1.165, 1.54) is 0 Å². The molecule has 0 aromatic heterocycles. The number of halogens is 2. The van der Waals surface area contributed by atoms with Crippen molar-refractivity contribution in [3.63, 3.8) is 0 Å². The lowest BCUT2D eigenvalue weighted by atomic mass is 10.2. The van der Waals surface area contributed by atoms with E-state index in [1.54, 1.807) is 0 Å². The molecule has 1 aromatic carbocycles. The Morgan fingerprint density at radius 1 is 1.39 bits per heavy atom. The molecule has 98 valence electrons. The van der Waals surface area contributed by atoms with Gasteiger partial charge in [0.15, 0.2) is 0 Å². The number of nitrogens with one attached hydrogen (secondary N) is 1. The number of benzene rings is 1. The van der Waals surface area contributed by atoms with Crippen LogP contribution in [-0.2, 0) is 11.3 Å². The molecule has 0 atom stereocenters. The van der Waals surface area contributed by atoms with Crippen molar-refractivity contribution in [2.45, 2.75) is 19.4 Å². The maximum atomic E-state index is 11.8. The van der Waals surface area contributed by atoms with Gasteiger partial charge in [-0.15, -0.1) is 0 Å². The van der Waals surface area contributed by atoms with E-state index >= 15 is 0 Å². The summed E-state index contributed by atoms with van der Waals surface area (Å²) in [7, 11) is 0. The van der Waals surface area contributed by atoms with Crippen molar-refractivity contribution in [3.05, 3.63) is 33.3 Å². The molecule has 1 N–H and O–H groups in total. The first-order chi connectivity index (χ1) is 8.66. The van der Waals surface area contributed by atoms with Gasteiger partial charge in [0.1, 0.15) is 0 Å². The topological polar surface area (TPSA) is 32.3 Å². The van der Waals surface area contributed by atoms with Crippen LogP contribution in [0.25, 0.3) is 0 Å². The van der Waals surface area contributed by atoms with Crippen LogP contribution in [0.15, 0.2) is 22.7 Å². The van der Waals surface area contributed by atoms with Crippen molar-refractivity contribution in [2.24, 2.45) is 0 Å². The van der Waals surface area contributed by atoms with Gasteiger partial charge in [0, 0.05) is 29.1 Å². The van der Waals surface area contributed by atoms with Crippen LogP contribution < -0.4 is 5.32 Å². The summed E-state index contributed by atoms with van der Waals surface area (Å²) in [5.74, 6) is 0.181. The molecule has 2 rings (SSSR count). The van der Waals surface area contributed by atoms with Gasteiger partial charge < -0.3 is 10.2 Å². The van der Waals surface area contributed by atoms with E-state index < -0.39 is 0 Å². The molecule has 1 amide bonds. The van der Waals surface area contributed by atoms with Gasteiger partial charge in [-0.25, -0.2) is 0 Å². The second-order valence-corrected chi connectivity index (χ2v) is 5.75. The zero-order valence-corrected chi connectivity index (χ0v) is 12.4. The lowest BCUT2D eigenvalue weighted by Gasteiger charge is -2.15. The smallest absolute Gasteiger partial charge is 0.236 e. The van der Waals surface area contributed by atoms with Crippen LogP contribution in [0.1, 0.15) is 18.4 Å². The number of amides is 1. The van der Waals surface area contributed by atoms with E-state index in [0.717, 1.165) is 36.0 Å². The maximum absolute atomic E-state index is 11.8. The van der Waals surface area contributed by atoms with E-state index in [4.69, 9.17) is 11.6 Å². The van der Waals surface area contributed by atoms with Crippen molar-refractivity contribution in [1.29, 1.82) is 0 Å². The summed E-state index contributed by atoms with van der Waals surface area (Å²) in [6.07, 6.45) is 2.26. The van der Waals surface area contributed by atoms with Crippen LogP contribution in [0.3, 0.4) is 0 Å². The van der Waals surface area contributed by atoms with Crippen LogP contribution >= 0.6 is 27.5 Å². The molecule has 1 aromatic rings. The Hall–Kier alpha value is -0.580. The SMILES string of the molecule is O=C(CNCc1ccc(Br)cc1Cl)N1CCCC1. The fraction of sp³-hybridized carbons (Fsp3) is 0.462. The molecule has 1 aliphatic heterocycles. The first kappa shape index (κ1) is 13.8. The van der Waals surface area contributed by atoms with Gasteiger partial charge in [0.05, 0.1) is 6.54 Å². The number of hydrogen-bond acceptors (Lipinski definition) is 2. The summed E-state index contributed by atoms with van der Waals surface area (Å²) in [6.45, 7) is 2.80. The quantitative estimate of drug-likeness (QED) is 0.920. The summed E-state index contributed by atoms with van der Waals surface area (Å²) in [5, 5.41) is 3.86. The van der Waals surface area contributed by atoms with Crippen molar-refractivity contribution < 1.29 is 4.79 Å². The van der Waals surface area contributed by atoms with Gasteiger partial charge in [-0.05, 0) is 30.5 Å². The average Bonchev–Trinajstić information content (AvgIpc) is 2.85. The van der Waals surface area contributed by atoms with Gasteiger partial charge in [-0.2, -0.15) is 0 Å². The Morgan fingerprint density at radius 2 is 2.11 bits per heavy atom. The highest BCUT2D eigenvalue weighted by molar-refractivity contribution is 9.10. The van der Waals surface area contributed by atoms with Gasteiger partial charge in [0.2, 0.25) is 5.91 Å². The van der Waals surface area contributed by atoms with E-state index in [-0.39, 0.29) is 5.91 Å². The Bertz CT molecular complexity index is 433. The van der Waals surface area contributed by atoms with Gasteiger partial charge >= 0.3 is 0 Å². The van der Waals surface area contributed by atoms with Gasteiger partial charge in [-0.3, -0.25) is 4.79 Å². The molecule has 18 heavy (non-hydrogen) atoms. The number of carbonyl (C=O) groups is 1. The van der Waals surface area contributed by atoms with Gasteiger partial charge in [0.25, 0.3) is 0 Å². The van der Waals surface area contributed by atoms with Crippen molar-refractivity contribution in [1.82, 2.24) is 10.2 Å². The van der Waals surface area contributed by atoms with Crippen LogP contribution in [0, 0.1) is 0 Å². The molecular formula is C13H16BrClN2O. The summed E-state index contributed by atoms with van der Waals surface area (Å²) in [5.41, 5.74) is 1.01. The molecule has 0 unspecified atom stereocenters. The molecule has 1 heterocycles. The predicted octanol–water partition coefficient (Wildman–Crippen LogP) is 2.81. The second kappa shape index (κ2) is 6.55. The first-order valence-electron chi connectivity index (χ1n) is 6.09. The Morgan fingerprint density at radius 3 is 2.78 bits per heavy atom. The molecule has 0 aliphatic carbocycles. The molecule has 1 saturated heterocycles. The molecule has 3 nitrogen and oxygen atoms in total. The normalized spacial score (nSPS) is 15.1. The number of hydrogen-bond donors (Lipinski definition) is 1. The standard InChI is InChI=1S/C13H16BrClN2O/c14-11-4-3-10(12(15)7-11)8-16-9-13(18)17-5-1-2-6-17/h3-4,7,16H,1-2,5-6,8-9H2. The molecular weight excluding hydrogens is 316 g/mol. The highest BCUT2D eigenvalue weighted by Crippen LogP contribution is 2.21. The predicted molar refractivity (Wildman–Crippen MR) is 76.7 cm³/mol. The van der Waals surface area contributed by atoms with Crippen LogP contribution in [0.2, 0.25) is 5.02 Å². The third kappa shape index (κ3) is 3.70. The van der Waals surface area contributed by atoms with E-state index in [2.05, 4.69) is 21.2 Å². The number of likely N-dealkylation sites (tertiary alicyclic amines) is 1. The minimum Gasteiger partial charge on any atom is -0.342 e. The van der Waals surface area contributed by atoms with E-state index in [0.29, 0.717) is 18.1 Å². The number of rotatable bonds is 4. The third-order valence-electron chi connectivity index (χ3n) is 3.07. The van der Waals surface area contributed by atoms with Crippen LogP contribution in [-0.4, -0.2) is 30.4 Å². The Labute approximate surface area is 121 Å². The molecule has 0 bridgehead atoms. The van der Waals surface area contributed by atoms with Crippen LogP contribution in [0.4, 0.5) is 0 Å². The lowest BCUT2D eigenvalue weighted by molar-refractivity contribution is -0.129. The molecule has 1 fully saturated rings. The largest absolute Gasteiger partial charge is 0.342 e. The molecule has 0 radical (unpaired) electrons. The van der Waals surface area contributed by atoms with Crippen LogP contribution in [0.5, 0.6) is 0 Å². The van der Waals surface area contributed by atoms with E-state index in [1.807, 2.05) is 23.1 Å². The van der Waals surface area contributed by atoms with Crippen molar-refractivity contribution >= 4 is 33.4 Å². The third-order valence-corrected chi connectivity index (χ3v) is 3.91. The van der Waals surface area contributed by atoms with Crippen molar-refractivity contribution in [3.8, 4) is 0 Å². The Kier molecular flexibility index (Phi) is 5.03. The zero-order chi connectivity index (χ0) is 13.0. The molecule has 5 heteroatoms.